The van der Waals surface area contributed by atoms with Crippen LogP contribution in [0.4, 0.5) is 10.2 Å². The number of fused-ring (bicyclic) bond motifs is 1. The largest absolute Gasteiger partial charge is 0.451 e. The fourth-order valence-corrected chi connectivity index (χ4v) is 6.55. The first-order valence-corrected chi connectivity index (χ1v) is 14.4. The summed E-state index contributed by atoms with van der Waals surface area (Å²) in [5.74, 6) is 1.51. The van der Waals surface area contributed by atoms with Crippen LogP contribution in [0.3, 0.4) is 0 Å². The van der Waals surface area contributed by atoms with Crippen LogP contribution in [-0.4, -0.2) is 56.0 Å². The molecule has 0 saturated carbocycles. The molecule has 0 amide bonds. The molecule has 3 aromatic heterocycles. The minimum absolute atomic E-state index is 0.168. The number of hydrogen-bond acceptors (Lipinski definition) is 7. The van der Waals surface area contributed by atoms with Crippen molar-refractivity contribution in [2.24, 2.45) is 5.41 Å². The maximum Gasteiger partial charge on any atom is 0.323 e. The van der Waals surface area contributed by atoms with Gasteiger partial charge in [0.25, 0.3) is 0 Å². The van der Waals surface area contributed by atoms with Crippen molar-refractivity contribution < 1.29 is 9.13 Å². The van der Waals surface area contributed by atoms with Crippen molar-refractivity contribution in [1.82, 2.24) is 29.8 Å². The monoisotopic (exact) mass is 565 g/mol. The maximum absolute atomic E-state index is 14.4. The third kappa shape index (κ3) is 5.02. The van der Waals surface area contributed by atoms with Gasteiger partial charge in [-0.25, -0.2) is 19.2 Å². The number of H-pyrrole nitrogens is 2. The second kappa shape index (κ2) is 10.7. The van der Waals surface area contributed by atoms with Gasteiger partial charge < -0.3 is 19.6 Å². The van der Waals surface area contributed by atoms with E-state index in [1.165, 1.54) is 17.7 Å². The number of aryl methyl sites for hydroxylation is 1. The Morgan fingerprint density at radius 2 is 1.86 bits per heavy atom. The molecular formula is C32H32FN7O2. The van der Waals surface area contributed by atoms with E-state index in [1.807, 2.05) is 25.1 Å². The molecule has 42 heavy (non-hydrogen) atoms. The first kappa shape index (κ1) is 26.3. The van der Waals surface area contributed by atoms with Gasteiger partial charge >= 0.3 is 5.69 Å². The van der Waals surface area contributed by atoms with Crippen LogP contribution >= 0.6 is 0 Å². The Morgan fingerprint density at radius 1 is 0.976 bits per heavy atom. The molecule has 2 fully saturated rings. The number of rotatable bonds is 7. The van der Waals surface area contributed by atoms with E-state index >= 15 is 0 Å². The molecule has 2 aliphatic rings. The van der Waals surface area contributed by atoms with Crippen molar-refractivity contribution >= 4 is 16.9 Å². The summed E-state index contributed by atoms with van der Waals surface area (Å²) in [6, 6.07) is 14.5. The fraction of sp³-hybridized carbons (Fsp3) is 0.312. The van der Waals surface area contributed by atoms with E-state index in [4.69, 9.17) is 4.74 Å². The van der Waals surface area contributed by atoms with Crippen LogP contribution in [-0.2, 0) is 13.0 Å². The SMILES string of the molecule is CCc1ncccc1-c1cc(F)ccc1Oc1cncnc1N1CCC2(CCN(Cc3ccc4[nH]c(=O)[nH]c4c3)C2)C1. The third-order valence-corrected chi connectivity index (χ3v) is 8.58. The van der Waals surface area contributed by atoms with E-state index in [0.29, 0.717) is 17.1 Å². The van der Waals surface area contributed by atoms with Gasteiger partial charge in [-0.2, -0.15) is 0 Å². The minimum Gasteiger partial charge on any atom is -0.451 e. The Labute approximate surface area is 242 Å². The summed E-state index contributed by atoms with van der Waals surface area (Å²) in [7, 11) is 0. The molecule has 10 heteroatoms. The summed E-state index contributed by atoms with van der Waals surface area (Å²) in [4.78, 5) is 35.5. The van der Waals surface area contributed by atoms with E-state index in [0.717, 1.165) is 80.1 Å². The number of nitrogens with zero attached hydrogens (tertiary/aromatic N) is 5. The van der Waals surface area contributed by atoms with Crippen LogP contribution in [0.2, 0.25) is 0 Å². The smallest absolute Gasteiger partial charge is 0.323 e. The first-order valence-electron chi connectivity index (χ1n) is 14.4. The first-order chi connectivity index (χ1) is 20.5. The van der Waals surface area contributed by atoms with Gasteiger partial charge in [-0.3, -0.25) is 9.88 Å². The molecule has 2 N–H and O–H groups in total. The lowest BCUT2D eigenvalue weighted by atomic mass is 9.86. The van der Waals surface area contributed by atoms with Gasteiger partial charge in [-0.05, 0) is 67.8 Å². The lowest BCUT2D eigenvalue weighted by Gasteiger charge is -2.26. The number of anilines is 1. The zero-order chi connectivity index (χ0) is 28.7. The van der Waals surface area contributed by atoms with Crippen molar-refractivity contribution in [1.29, 1.82) is 0 Å². The standard InChI is InChI=1S/C32H32FN7O2/c1-2-25-23(4-3-11-35-25)24-15-22(33)6-8-28(24)42-29-16-34-20-36-30(29)40-13-10-32(19-40)9-12-39(18-32)17-21-5-7-26-27(14-21)38-31(41)37-26/h3-8,11,14-16,20H,2,9-10,12-13,17-19H2,1H3,(H2,37,38,41). The Kier molecular flexibility index (Phi) is 6.70. The van der Waals surface area contributed by atoms with E-state index in [1.54, 1.807) is 24.8 Å². The number of imidazole rings is 1. The van der Waals surface area contributed by atoms with Crippen molar-refractivity contribution in [2.45, 2.75) is 32.7 Å². The highest BCUT2D eigenvalue weighted by Gasteiger charge is 2.44. The summed E-state index contributed by atoms with van der Waals surface area (Å²) in [6.45, 7) is 6.64. The number of nitrogens with one attached hydrogen (secondary N) is 2. The summed E-state index contributed by atoms with van der Waals surface area (Å²) >= 11 is 0. The van der Waals surface area contributed by atoms with Crippen LogP contribution < -0.4 is 15.3 Å². The fourth-order valence-electron chi connectivity index (χ4n) is 6.55. The predicted molar refractivity (Wildman–Crippen MR) is 159 cm³/mol. The number of benzene rings is 2. The molecule has 5 heterocycles. The second-order valence-corrected chi connectivity index (χ2v) is 11.4. The van der Waals surface area contributed by atoms with Crippen LogP contribution in [0.1, 0.15) is 31.0 Å². The zero-order valence-electron chi connectivity index (χ0n) is 23.4. The molecule has 0 bridgehead atoms. The lowest BCUT2D eigenvalue weighted by Crippen LogP contribution is -2.31. The highest BCUT2D eigenvalue weighted by atomic mass is 19.1. The minimum atomic E-state index is -0.332. The maximum atomic E-state index is 14.4. The van der Waals surface area contributed by atoms with Crippen LogP contribution in [0, 0.1) is 11.2 Å². The molecule has 1 atom stereocenters. The van der Waals surface area contributed by atoms with E-state index in [-0.39, 0.29) is 16.9 Å². The molecule has 5 aromatic rings. The van der Waals surface area contributed by atoms with Crippen molar-refractivity contribution in [3.63, 3.8) is 0 Å². The third-order valence-electron chi connectivity index (χ3n) is 8.58. The summed E-state index contributed by atoms with van der Waals surface area (Å²) in [6.07, 6.45) is 7.88. The molecule has 2 saturated heterocycles. The van der Waals surface area contributed by atoms with Gasteiger partial charge in [0.1, 0.15) is 17.9 Å². The molecule has 1 unspecified atom stereocenters. The van der Waals surface area contributed by atoms with Crippen LogP contribution in [0.25, 0.3) is 22.2 Å². The topological polar surface area (TPSA) is 103 Å². The van der Waals surface area contributed by atoms with Gasteiger partial charge in [-0.15, -0.1) is 0 Å². The zero-order valence-corrected chi connectivity index (χ0v) is 23.4. The molecule has 1 spiro atoms. The Bertz CT molecular complexity index is 1820. The number of pyridine rings is 1. The summed E-state index contributed by atoms with van der Waals surface area (Å²) in [5, 5.41) is 0. The molecule has 2 aliphatic heterocycles. The molecule has 214 valence electrons. The summed E-state index contributed by atoms with van der Waals surface area (Å²) in [5.41, 5.74) is 5.23. The van der Waals surface area contributed by atoms with E-state index in [2.05, 4.69) is 46.9 Å². The number of aromatic amines is 2. The average Bonchev–Trinajstić information content (AvgIpc) is 3.71. The molecule has 0 aliphatic carbocycles. The molecule has 2 aromatic carbocycles. The van der Waals surface area contributed by atoms with Gasteiger partial charge in [-0.1, -0.05) is 19.1 Å². The average molecular weight is 566 g/mol. The highest BCUT2D eigenvalue weighted by molar-refractivity contribution is 5.75. The lowest BCUT2D eigenvalue weighted by molar-refractivity contribution is 0.270. The number of hydrogen-bond donors (Lipinski definition) is 2. The van der Waals surface area contributed by atoms with Crippen LogP contribution in [0.5, 0.6) is 11.5 Å². The number of aromatic nitrogens is 5. The second-order valence-electron chi connectivity index (χ2n) is 11.4. The van der Waals surface area contributed by atoms with E-state index < -0.39 is 0 Å². The number of halogens is 1. The normalized spacial score (nSPS) is 18.9. The molecular weight excluding hydrogens is 533 g/mol. The van der Waals surface area contributed by atoms with E-state index in [9.17, 15) is 9.18 Å². The van der Waals surface area contributed by atoms with Crippen molar-refractivity contribution in [3.05, 3.63) is 94.8 Å². The predicted octanol–water partition coefficient (Wildman–Crippen LogP) is 5.30. The van der Waals surface area contributed by atoms with Gasteiger partial charge in [0.05, 0.1) is 17.2 Å². The molecule has 9 nitrogen and oxygen atoms in total. The highest BCUT2D eigenvalue weighted by Crippen LogP contribution is 2.44. The van der Waals surface area contributed by atoms with Crippen molar-refractivity contribution in [2.75, 3.05) is 31.1 Å². The molecule has 0 radical (unpaired) electrons. The number of ether oxygens (including phenoxy) is 1. The number of likely N-dealkylation sites (tertiary alicyclic amines) is 1. The quantitative estimate of drug-likeness (QED) is 0.276. The Balaban J connectivity index is 1.09. The Morgan fingerprint density at radius 3 is 2.76 bits per heavy atom. The van der Waals surface area contributed by atoms with Crippen molar-refractivity contribution in [3.8, 4) is 22.6 Å². The van der Waals surface area contributed by atoms with Gasteiger partial charge in [0.15, 0.2) is 11.6 Å². The summed E-state index contributed by atoms with van der Waals surface area (Å²) < 4.78 is 20.9. The van der Waals surface area contributed by atoms with Gasteiger partial charge in [0, 0.05) is 54.6 Å². The Hall–Kier alpha value is -4.57. The molecule has 7 rings (SSSR count). The van der Waals surface area contributed by atoms with Gasteiger partial charge in [0.2, 0.25) is 0 Å². The van der Waals surface area contributed by atoms with Crippen LogP contribution in [0.15, 0.2) is 72.0 Å².